The molecule has 0 saturated carbocycles. The van der Waals surface area contributed by atoms with Gasteiger partial charge in [0.1, 0.15) is 0 Å². The van der Waals surface area contributed by atoms with E-state index in [0.29, 0.717) is 0 Å². The Hall–Kier alpha value is -0.610. The summed E-state index contributed by atoms with van der Waals surface area (Å²) in [5, 5.41) is 17.9. The van der Waals surface area contributed by atoms with Crippen molar-refractivity contribution >= 4 is 5.97 Å². The molecule has 0 radical (unpaired) electrons. The summed E-state index contributed by atoms with van der Waals surface area (Å²) in [5.41, 5.74) is 0. The third kappa shape index (κ3) is 2.19. The molecular weight excluding hydrogens is 158 g/mol. The highest BCUT2D eigenvalue weighted by Crippen LogP contribution is 2.19. The fourth-order valence-corrected chi connectivity index (χ4v) is 1.77. The first-order valence-corrected chi connectivity index (χ1v) is 4.25. The molecule has 0 aliphatic carbocycles. The van der Waals surface area contributed by atoms with Gasteiger partial charge in [0, 0.05) is 6.04 Å². The topological polar surface area (TPSA) is 60.8 Å². The third-order valence-corrected chi connectivity index (χ3v) is 2.31. The van der Waals surface area contributed by atoms with Crippen LogP contribution in [0, 0.1) is 0 Å². The number of carboxylic acids is 1. The van der Waals surface area contributed by atoms with Crippen LogP contribution in [0.3, 0.4) is 0 Å². The minimum Gasteiger partial charge on any atom is -0.480 e. The van der Waals surface area contributed by atoms with E-state index in [4.69, 9.17) is 5.11 Å². The van der Waals surface area contributed by atoms with Gasteiger partial charge in [-0.15, -0.1) is 0 Å². The number of carboxylic acid groups (broad SMARTS) is 1. The Bertz CT molecular complexity index is 170. The molecule has 1 fully saturated rings. The Morgan fingerprint density at radius 2 is 2.42 bits per heavy atom. The van der Waals surface area contributed by atoms with E-state index in [1.807, 2.05) is 4.90 Å². The average Bonchev–Trinajstić information content (AvgIpc) is 2.33. The van der Waals surface area contributed by atoms with Gasteiger partial charge in [-0.3, -0.25) is 9.69 Å². The second-order valence-corrected chi connectivity index (χ2v) is 3.31. The van der Waals surface area contributed by atoms with Crippen LogP contribution in [0.4, 0.5) is 0 Å². The van der Waals surface area contributed by atoms with E-state index in [2.05, 4.69) is 0 Å². The minimum absolute atomic E-state index is 0.0427. The molecule has 0 aromatic rings. The molecule has 2 atom stereocenters. The van der Waals surface area contributed by atoms with Crippen LogP contribution in [0.2, 0.25) is 0 Å². The number of aliphatic hydroxyl groups is 1. The smallest absolute Gasteiger partial charge is 0.317 e. The summed E-state index contributed by atoms with van der Waals surface area (Å²) < 4.78 is 0. The Labute approximate surface area is 71.8 Å². The van der Waals surface area contributed by atoms with Crippen molar-refractivity contribution in [1.29, 1.82) is 0 Å². The lowest BCUT2D eigenvalue weighted by atomic mass is 10.1. The summed E-state index contributed by atoms with van der Waals surface area (Å²) in [6.45, 7) is 2.56. The first kappa shape index (κ1) is 9.48. The van der Waals surface area contributed by atoms with Crippen molar-refractivity contribution in [3.8, 4) is 0 Å². The van der Waals surface area contributed by atoms with E-state index >= 15 is 0 Å². The molecule has 4 nitrogen and oxygen atoms in total. The second kappa shape index (κ2) is 3.87. The maximum Gasteiger partial charge on any atom is 0.317 e. The third-order valence-electron chi connectivity index (χ3n) is 2.31. The van der Waals surface area contributed by atoms with Crippen LogP contribution in [0.25, 0.3) is 0 Å². The van der Waals surface area contributed by atoms with Crippen molar-refractivity contribution in [2.45, 2.75) is 31.9 Å². The number of hydrogen-bond donors (Lipinski definition) is 2. The maximum atomic E-state index is 10.4. The van der Waals surface area contributed by atoms with Gasteiger partial charge < -0.3 is 10.2 Å². The van der Waals surface area contributed by atoms with Gasteiger partial charge in [-0.1, -0.05) is 0 Å². The van der Waals surface area contributed by atoms with Crippen LogP contribution < -0.4 is 0 Å². The van der Waals surface area contributed by atoms with Gasteiger partial charge >= 0.3 is 5.97 Å². The zero-order valence-electron chi connectivity index (χ0n) is 7.23. The monoisotopic (exact) mass is 173 g/mol. The van der Waals surface area contributed by atoms with Crippen molar-refractivity contribution < 1.29 is 15.0 Å². The predicted molar refractivity (Wildman–Crippen MR) is 43.9 cm³/mol. The predicted octanol–water partition coefficient (Wildman–Crippen LogP) is -0.0838. The Kier molecular flexibility index (Phi) is 3.05. The van der Waals surface area contributed by atoms with Crippen LogP contribution in [-0.2, 0) is 4.79 Å². The lowest BCUT2D eigenvalue weighted by Crippen LogP contribution is -2.40. The quantitative estimate of drug-likeness (QED) is 0.626. The zero-order chi connectivity index (χ0) is 9.14. The summed E-state index contributed by atoms with van der Waals surface area (Å²) in [6.07, 6.45) is 1.47. The van der Waals surface area contributed by atoms with Gasteiger partial charge in [0.25, 0.3) is 0 Å². The number of aliphatic carboxylic acids is 1. The van der Waals surface area contributed by atoms with Crippen molar-refractivity contribution in [3.05, 3.63) is 0 Å². The molecule has 2 N–H and O–H groups in total. The molecule has 1 rings (SSSR count). The van der Waals surface area contributed by atoms with Crippen molar-refractivity contribution in [2.75, 3.05) is 13.1 Å². The molecular formula is C8H15NO3. The number of rotatable bonds is 3. The van der Waals surface area contributed by atoms with Gasteiger partial charge in [-0.05, 0) is 26.3 Å². The SMILES string of the molecule is C[C@@H](O)[C@H]1CCCN1CC(=O)O. The van der Waals surface area contributed by atoms with E-state index < -0.39 is 12.1 Å². The van der Waals surface area contributed by atoms with Crippen molar-refractivity contribution in [2.24, 2.45) is 0 Å². The van der Waals surface area contributed by atoms with E-state index in [9.17, 15) is 9.90 Å². The standard InChI is InChI=1S/C8H15NO3/c1-6(10)7-3-2-4-9(7)5-8(11)12/h6-7,10H,2-5H2,1H3,(H,11,12)/t6-,7-/m1/s1. The van der Waals surface area contributed by atoms with Crippen LogP contribution >= 0.6 is 0 Å². The number of hydrogen-bond acceptors (Lipinski definition) is 3. The summed E-state index contributed by atoms with van der Waals surface area (Å²) in [6, 6.07) is 0.0427. The first-order valence-electron chi connectivity index (χ1n) is 4.25. The maximum absolute atomic E-state index is 10.4. The highest BCUT2D eigenvalue weighted by Gasteiger charge is 2.29. The average molecular weight is 173 g/mol. The lowest BCUT2D eigenvalue weighted by Gasteiger charge is -2.24. The highest BCUT2D eigenvalue weighted by atomic mass is 16.4. The molecule has 0 amide bonds. The number of nitrogens with zero attached hydrogens (tertiary/aromatic N) is 1. The normalized spacial score (nSPS) is 27.3. The Morgan fingerprint density at radius 1 is 1.75 bits per heavy atom. The fraction of sp³-hybridized carbons (Fsp3) is 0.875. The zero-order valence-corrected chi connectivity index (χ0v) is 7.23. The van der Waals surface area contributed by atoms with Gasteiger partial charge in [-0.2, -0.15) is 0 Å². The molecule has 0 aromatic heterocycles. The number of carbonyl (C=O) groups is 1. The molecule has 1 aliphatic heterocycles. The van der Waals surface area contributed by atoms with Gasteiger partial charge in [0.15, 0.2) is 0 Å². The summed E-state index contributed by atoms with van der Waals surface area (Å²) in [4.78, 5) is 12.2. The summed E-state index contributed by atoms with van der Waals surface area (Å²) in [7, 11) is 0. The van der Waals surface area contributed by atoms with Gasteiger partial charge in [-0.25, -0.2) is 0 Å². The molecule has 12 heavy (non-hydrogen) atoms. The van der Waals surface area contributed by atoms with Crippen LogP contribution in [0.5, 0.6) is 0 Å². The lowest BCUT2D eigenvalue weighted by molar-refractivity contribution is -0.138. The number of aliphatic hydroxyl groups excluding tert-OH is 1. The summed E-state index contributed by atoms with van der Waals surface area (Å²) in [5.74, 6) is -0.817. The fourth-order valence-electron chi connectivity index (χ4n) is 1.77. The van der Waals surface area contributed by atoms with E-state index in [0.717, 1.165) is 19.4 Å². The summed E-state index contributed by atoms with van der Waals surface area (Å²) >= 11 is 0. The number of likely N-dealkylation sites (tertiary alicyclic amines) is 1. The molecule has 1 heterocycles. The minimum atomic E-state index is -0.817. The van der Waals surface area contributed by atoms with Crippen molar-refractivity contribution in [1.82, 2.24) is 4.90 Å². The van der Waals surface area contributed by atoms with Crippen LogP contribution in [0.1, 0.15) is 19.8 Å². The van der Waals surface area contributed by atoms with E-state index in [-0.39, 0.29) is 12.6 Å². The van der Waals surface area contributed by atoms with Crippen LogP contribution in [-0.4, -0.2) is 46.3 Å². The van der Waals surface area contributed by atoms with Crippen molar-refractivity contribution in [3.63, 3.8) is 0 Å². The second-order valence-electron chi connectivity index (χ2n) is 3.31. The van der Waals surface area contributed by atoms with Gasteiger partial charge in [0.05, 0.1) is 12.6 Å². The largest absolute Gasteiger partial charge is 0.480 e. The van der Waals surface area contributed by atoms with E-state index in [1.54, 1.807) is 6.92 Å². The molecule has 1 aliphatic rings. The molecule has 1 saturated heterocycles. The molecule has 0 spiro atoms. The first-order chi connectivity index (χ1) is 5.61. The van der Waals surface area contributed by atoms with Crippen LogP contribution in [0.15, 0.2) is 0 Å². The molecule has 70 valence electrons. The van der Waals surface area contributed by atoms with Gasteiger partial charge in [0.2, 0.25) is 0 Å². The Morgan fingerprint density at radius 3 is 2.92 bits per heavy atom. The molecule has 0 bridgehead atoms. The molecule has 0 unspecified atom stereocenters. The molecule has 4 heteroatoms. The Balaban J connectivity index is 2.46. The molecule has 0 aromatic carbocycles. The van der Waals surface area contributed by atoms with E-state index in [1.165, 1.54) is 0 Å². The highest BCUT2D eigenvalue weighted by molar-refractivity contribution is 5.69.